The van der Waals surface area contributed by atoms with Crippen LogP contribution in [-0.2, 0) is 14.3 Å². The molecule has 5 rings (SSSR count). The van der Waals surface area contributed by atoms with Crippen molar-refractivity contribution in [1.29, 1.82) is 0 Å². The van der Waals surface area contributed by atoms with Gasteiger partial charge in [-0.05, 0) is 74.7 Å². The summed E-state index contributed by atoms with van der Waals surface area (Å²) in [6, 6.07) is 0. The van der Waals surface area contributed by atoms with Crippen LogP contribution in [0.4, 0.5) is 0 Å². The standard InChI is InChI=1S/C23H32O7/c1-20-6-3-16-17(23(20,29)9-5-15(20)13-10-18(25)30-12-13)4-7-21(28)11-14(24)2-8-22(16,21)19(26)27/h10,14-17,24,28-29H,2-9,11-12H2,1H3,(H,26,27)/p-1. The Morgan fingerprint density at radius 2 is 1.83 bits per heavy atom. The molecule has 3 N–H and O–H groups in total. The predicted octanol–water partition coefficient (Wildman–Crippen LogP) is 0.449. The number of carbonyl (C=O) groups excluding carboxylic acids is 2. The molecule has 4 saturated carbocycles. The van der Waals surface area contributed by atoms with Crippen molar-refractivity contribution in [3.63, 3.8) is 0 Å². The number of hydrogen-bond donors (Lipinski definition) is 3. The molecular weight excluding hydrogens is 388 g/mol. The van der Waals surface area contributed by atoms with Gasteiger partial charge < -0.3 is 30.0 Å². The smallest absolute Gasteiger partial charge is 0.331 e. The second-order valence-electron chi connectivity index (χ2n) is 10.7. The van der Waals surface area contributed by atoms with Gasteiger partial charge >= 0.3 is 5.97 Å². The number of rotatable bonds is 2. The molecule has 1 heterocycles. The summed E-state index contributed by atoms with van der Waals surface area (Å²) in [6.07, 6.45) is 4.64. The highest BCUT2D eigenvalue weighted by atomic mass is 16.5. The molecule has 166 valence electrons. The van der Waals surface area contributed by atoms with E-state index >= 15 is 0 Å². The number of aliphatic carboxylic acids is 1. The van der Waals surface area contributed by atoms with Crippen molar-refractivity contribution in [3.8, 4) is 0 Å². The third kappa shape index (κ3) is 2.32. The van der Waals surface area contributed by atoms with E-state index < -0.39 is 34.1 Å². The zero-order valence-electron chi connectivity index (χ0n) is 17.4. The fourth-order valence-electron chi connectivity index (χ4n) is 8.47. The van der Waals surface area contributed by atoms with E-state index in [-0.39, 0.29) is 49.6 Å². The minimum atomic E-state index is -1.50. The van der Waals surface area contributed by atoms with Gasteiger partial charge in [0.1, 0.15) is 6.61 Å². The van der Waals surface area contributed by atoms with Gasteiger partial charge in [0.15, 0.2) is 0 Å². The molecule has 0 aromatic carbocycles. The zero-order chi connectivity index (χ0) is 21.5. The average molecular weight is 419 g/mol. The van der Waals surface area contributed by atoms with Crippen LogP contribution >= 0.6 is 0 Å². The first-order valence-electron chi connectivity index (χ1n) is 11.3. The van der Waals surface area contributed by atoms with Crippen molar-refractivity contribution < 1.29 is 34.8 Å². The monoisotopic (exact) mass is 419 g/mol. The maximum Gasteiger partial charge on any atom is 0.331 e. The van der Waals surface area contributed by atoms with Crippen LogP contribution in [-0.4, -0.2) is 51.2 Å². The highest BCUT2D eigenvalue weighted by Gasteiger charge is 2.71. The average Bonchev–Trinajstić information content (AvgIpc) is 3.21. The molecule has 1 aliphatic heterocycles. The third-order valence-electron chi connectivity index (χ3n) is 9.92. The number of carbonyl (C=O) groups is 2. The lowest BCUT2D eigenvalue weighted by atomic mass is 9.41. The number of esters is 1. The number of cyclic esters (lactones) is 1. The molecule has 7 nitrogen and oxygen atoms in total. The molecule has 0 amide bonds. The van der Waals surface area contributed by atoms with E-state index in [1.165, 1.54) is 0 Å². The van der Waals surface area contributed by atoms with Gasteiger partial charge in [0.2, 0.25) is 0 Å². The molecule has 5 aliphatic rings. The van der Waals surface area contributed by atoms with Crippen molar-refractivity contribution in [1.82, 2.24) is 0 Å². The van der Waals surface area contributed by atoms with Gasteiger partial charge in [-0.15, -0.1) is 0 Å². The van der Waals surface area contributed by atoms with Crippen molar-refractivity contribution >= 4 is 11.9 Å². The van der Waals surface area contributed by atoms with Crippen LogP contribution in [0, 0.1) is 28.6 Å². The summed E-state index contributed by atoms with van der Waals surface area (Å²) in [5, 5.41) is 46.2. The lowest BCUT2D eigenvalue weighted by Gasteiger charge is -2.67. The number of carboxylic acids is 1. The minimum absolute atomic E-state index is 0.0304. The van der Waals surface area contributed by atoms with Gasteiger partial charge in [-0.1, -0.05) is 6.92 Å². The molecule has 8 atom stereocenters. The predicted molar refractivity (Wildman–Crippen MR) is 103 cm³/mol. The van der Waals surface area contributed by atoms with E-state index in [2.05, 4.69) is 6.92 Å². The summed E-state index contributed by atoms with van der Waals surface area (Å²) in [5.41, 5.74) is -3.53. The van der Waals surface area contributed by atoms with Gasteiger partial charge in [-0.3, -0.25) is 0 Å². The number of aliphatic hydroxyl groups excluding tert-OH is 1. The molecule has 0 radical (unpaired) electrons. The molecule has 4 fully saturated rings. The molecule has 30 heavy (non-hydrogen) atoms. The van der Waals surface area contributed by atoms with Crippen LogP contribution < -0.4 is 5.11 Å². The Bertz CT molecular complexity index is 822. The summed E-state index contributed by atoms with van der Waals surface area (Å²) in [5.74, 6) is -2.19. The topological polar surface area (TPSA) is 127 Å². The Kier molecular flexibility index (Phi) is 4.30. The fourth-order valence-corrected chi connectivity index (χ4v) is 8.47. The first kappa shape index (κ1) is 20.5. The molecule has 0 bridgehead atoms. The van der Waals surface area contributed by atoms with Crippen LogP contribution in [0.1, 0.15) is 64.7 Å². The van der Waals surface area contributed by atoms with E-state index in [4.69, 9.17) is 4.74 Å². The van der Waals surface area contributed by atoms with Gasteiger partial charge in [-0.2, -0.15) is 0 Å². The van der Waals surface area contributed by atoms with Crippen LogP contribution in [0.3, 0.4) is 0 Å². The maximum absolute atomic E-state index is 12.6. The van der Waals surface area contributed by atoms with Crippen LogP contribution in [0.25, 0.3) is 0 Å². The quantitative estimate of drug-likeness (QED) is 0.555. The number of carboxylic acid groups (broad SMARTS) is 1. The second-order valence-corrected chi connectivity index (χ2v) is 10.7. The van der Waals surface area contributed by atoms with Crippen molar-refractivity contribution in [2.75, 3.05) is 6.61 Å². The molecular formula is C23H31O7-. The van der Waals surface area contributed by atoms with Crippen LogP contribution in [0.2, 0.25) is 0 Å². The van der Waals surface area contributed by atoms with E-state index in [9.17, 15) is 30.0 Å². The minimum Gasteiger partial charge on any atom is -0.549 e. The molecule has 0 aromatic heterocycles. The Hall–Kier alpha value is -1.44. The first-order valence-corrected chi connectivity index (χ1v) is 11.3. The number of aliphatic hydroxyl groups is 3. The Morgan fingerprint density at radius 3 is 2.50 bits per heavy atom. The largest absolute Gasteiger partial charge is 0.549 e. The maximum atomic E-state index is 12.6. The van der Waals surface area contributed by atoms with Crippen molar-refractivity contribution in [3.05, 3.63) is 11.6 Å². The summed E-state index contributed by atoms with van der Waals surface area (Å²) >= 11 is 0. The normalized spacial score (nSPS) is 52.7. The summed E-state index contributed by atoms with van der Waals surface area (Å²) in [6.45, 7) is 2.34. The lowest BCUT2D eigenvalue weighted by Crippen LogP contribution is -2.72. The number of ether oxygens (including phenoxy) is 1. The summed E-state index contributed by atoms with van der Waals surface area (Å²) < 4.78 is 5.13. The van der Waals surface area contributed by atoms with Gasteiger partial charge in [0.25, 0.3) is 0 Å². The number of hydrogen-bond acceptors (Lipinski definition) is 7. The molecule has 0 saturated heterocycles. The zero-order valence-corrected chi connectivity index (χ0v) is 17.4. The van der Waals surface area contributed by atoms with Crippen LogP contribution in [0.5, 0.6) is 0 Å². The molecule has 8 unspecified atom stereocenters. The highest BCUT2D eigenvalue weighted by Crippen LogP contribution is 2.70. The third-order valence-corrected chi connectivity index (χ3v) is 9.92. The summed E-state index contributed by atoms with van der Waals surface area (Å²) in [4.78, 5) is 24.2. The van der Waals surface area contributed by atoms with E-state index in [1.807, 2.05) is 0 Å². The fraction of sp³-hybridized carbons (Fsp3) is 0.826. The van der Waals surface area contributed by atoms with Gasteiger partial charge in [0.05, 0.1) is 23.3 Å². The van der Waals surface area contributed by atoms with E-state index in [0.717, 1.165) is 12.0 Å². The summed E-state index contributed by atoms with van der Waals surface area (Å²) in [7, 11) is 0. The van der Waals surface area contributed by atoms with Crippen molar-refractivity contribution in [2.24, 2.45) is 28.6 Å². The SMILES string of the molecule is CC12CCC3C(CCC4(O)CC(O)CCC34C(=O)[O-])C1(O)CCC2C1=CC(=O)OC1. The van der Waals surface area contributed by atoms with Crippen LogP contribution in [0.15, 0.2) is 11.6 Å². The lowest BCUT2D eigenvalue weighted by molar-refractivity contribution is -0.350. The Balaban J connectivity index is 1.54. The molecule has 4 aliphatic carbocycles. The highest BCUT2D eigenvalue weighted by molar-refractivity contribution is 5.85. The number of fused-ring (bicyclic) bond motifs is 5. The molecule has 0 aromatic rings. The Labute approximate surface area is 176 Å². The first-order chi connectivity index (χ1) is 14.1. The van der Waals surface area contributed by atoms with E-state index in [0.29, 0.717) is 32.1 Å². The van der Waals surface area contributed by atoms with Gasteiger partial charge in [-0.25, -0.2) is 4.79 Å². The molecule has 7 heteroatoms. The van der Waals surface area contributed by atoms with E-state index in [1.54, 1.807) is 6.08 Å². The van der Waals surface area contributed by atoms with Crippen molar-refractivity contribution in [2.45, 2.75) is 82.0 Å². The molecule has 0 spiro atoms. The Morgan fingerprint density at radius 1 is 1.10 bits per heavy atom. The van der Waals surface area contributed by atoms with Gasteiger partial charge in [0, 0.05) is 23.3 Å². The second kappa shape index (κ2) is 6.30.